The molecule has 1 spiro atoms. The molecule has 3 N–H and O–H groups in total. The number of pyridine rings is 3. The summed E-state index contributed by atoms with van der Waals surface area (Å²) in [5.41, 5.74) is 1.96. The molecular weight excluding hydrogens is 586 g/mol. The van der Waals surface area contributed by atoms with E-state index in [0.29, 0.717) is 53.8 Å². The van der Waals surface area contributed by atoms with Crippen LogP contribution in [0, 0.1) is 12.8 Å². The second-order valence-electron chi connectivity index (χ2n) is 11.0. The zero-order valence-corrected chi connectivity index (χ0v) is 25.0. The van der Waals surface area contributed by atoms with Crippen LogP contribution in [-0.2, 0) is 21.2 Å². The number of nitrogens with zero attached hydrogens (tertiary/aromatic N) is 6. The van der Waals surface area contributed by atoms with Crippen molar-refractivity contribution in [2.75, 3.05) is 24.2 Å². The number of anilines is 1. The summed E-state index contributed by atoms with van der Waals surface area (Å²) in [6, 6.07) is 8.10. The van der Waals surface area contributed by atoms with Gasteiger partial charge in [-0.2, -0.15) is 0 Å². The maximum Gasteiger partial charge on any atom is 0.322 e. The Hall–Kier alpha value is -5.05. The van der Waals surface area contributed by atoms with Crippen LogP contribution < -0.4 is 20.9 Å². The van der Waals surface area contributed by atoms with Gasteiger partial charge in [0.25, 0.3) is 11.8 Å². The van der Waals surface area contributed by atoms with E-state index in [2.05, 4.69) is 30.9 Å². The highest BCUT2D eigenvalue weighted by atomic mass is 32.2. The zero-order valence-electron chi connectivity index (χ0n) is 24.2. The number of hydrogen-bond acceptors (Lipinski definition) is 11. The molecule has 15 heteroatoms. The van der Waals surface area contributed by atoms with E-state index in [1.807, 2.05) is 24.0 Å². The average Bonchev–Trinajstić information content (AvgIpc) is 3.29. The van der Waals surface area contributed by atoms with Crippen LogP contribution in [0.1, 0.15) is 35.1 Å². The fourth-order valence-corrected chi connectivity index (χ4v) is 6.50. The number of hydrogen-bond donors (Lipinski definition) is 3. The number of urea groups is 1. The van der Waals surface area contributed by atoms with Gasteiger partial charge in [-0.05, 0) is 43.7 Å². The van der Waals surface area contributed by atoms with Crippen LogP contribution in [0.5, 0.6) is 0 Å². The number of sulfone groups is 1. The predicted octanol–water partition coefficient (Wildman–Crippen LogP) is 1.55. The molecule has 2 fully saturated rings. The smallest absolute Gasteiger partial charge is 0.322 e. The standard InChI is InChI=1S/C29H29N9O5S/c1-16-15-38(9-7-29(16)26(40)36-28(41)37-29)27-30-8-6-22(35-27)21-5-4-18-12-32-20(11-23(18)34-21)14-33-25(39)19-10-24(44(3,42)43)17(2)31-13-19/h4-6,8,10-13,16H,7,9,14-15H2,1-3H3,(H,33,39)(H2,36,37,40,41)/t16-,29?/m0/s1. The summed E-state index contributed by atoms with van der Waals surface area (Å²) in [4.78, 5) is 61.5. The molecule has 2 aliphatic rings. The molecule has 4 aromatic heterocycles. The number of nitrogens with one attached hydrogen (secondary N) is 3. The van der Waals surface area contributed by atoms with Gasteiger partial charge in [0.2, 0.25) is 5.95 Å². The lowest BCUT2D eigenvalue weighted by atomic mass is 9.79. The van der Waals surface area contributed by atoms with Crippen LogP contribution in [0.4, 0.5) is 10.7 Å². The highest BCUT2D eigenvalue weighted by molar-refractivity contribution is 7.90. The summed E-state index contributed by atoms with van der Waals surface area (Å²) in [6.45, 7) is 4.56. The van der Waals surface area contributed by atoms with Gasteiger partial charge in [-0.15, -0.1) is 0 Å². The van der Waals surface area contributed by atoms with Crippen molar-refractivity contribution in [1.82, 2.24) is 40.9 Å². The number of aryl methyl sites for hydroxylation is 1. The Kier molecular flexibility index (Phi) is 7.19. The SMILES string of the molecule is Cc1ncc(C(=O)NCc2cc3nc(-c4ccnc(N5CCC6(NC(=O)NC6=O)[C@@H](C)C5)n4)ccc3cn2)cc1S(C)(=O)=O. The minimum Gasteiger partial charge on any atom is -0.346 e. The summed E-state index contributed by atoms with van der Waals surface area (Å²) in [5.74, 6) is -0.442. The Morgan fingerprint density at radius 3 is 2.61 bits per heavy atom. The van der Waals surface area contributed by atoms with Crippen molar-refractivity contribution in [3.63, 3.8) is 0 Å². The molecule has 6 heterocycles. The minimum absolute atomic E-state index is 0.00650. The number of fused-ring (bicyclic) bond motifs is 1. The van der Waals surface area contributed by atoms with Gasteiger partial charge in [-0.1, -0.05) is 6.92 Å². The number of piperidine rings is 1. The summed E-state index contributed by atoms with van der Waals surface area (Å²) >= 11 is 0. The molecule has 1 unspecified atom stereocenters. The van der Waals surface area contributed by atoms with Gasteiger partial charge in [-0.25, -0.2) is 28.2 Å². The number of amides is 4. The second-order valence-corrected chi connectivity index (χ2v) is 13.0. The van der Waals surface area contributed by atoms with Crippen LogP contribution >= 0.6 is 0 Å². The lowest BCUT2D eigenvalue weighted by Crippen LogP contribution is -2.60. The molecule has 226 valence electrons. The highest BCUT2D eigenvalue weighted by Gasteiger charge is 2.52. The Morgan fingerprint density at radius 1 is 1.09 bits per heavy atom. The van der Waals surface area contributed by atoms with E-state index in [9.17, 15) is 22.8 Å². The van der Waals surface area contributed by atoms with Gasteiger partial charge >= 0.3 is 6.03 Å². The third-order valence-corrected chi connectivity index (χ3v) is 9.24. The van der Waals surface area contributed by atoms with Crippen molar-refractivity contribution < 1.29 is 22.8 Å². The lowest BCUT2D eigenvalue weighted by molar-refractivity contribution is -0.126. The number of rotatable bonds is 6. The summed E-state index contributed by atoms with van der Waals surface area (Å²) in [5, 5.41) is 8.70. The minimum atomic E-state index is -3.53. The average molecular weight is 616 g/mol. The molecule has 0 radical (unpaired) electrons. The molecule has 0 bridgehead atoms. The zero-order chi connectivity index (χ0) is 31.2. The molecule has 4 aromatic rings. The Bertz CT molecular complexity index is 1950. The monoisotopic (exact) mass is 615 g/mol. The largest absolute Gasteiger partial charge is 0.346 e. The maximum absolute atomic E-state index is 12.8. The van der Waals surface area contributed by atoms with Crippen LogP contribution in [0.3, 0.4) is 0 Å². The molecule has 0 aromatic carbocycles. The first-order valence-corrected chi connectivity index (χ1v) is 15.7. The lowest BCUT2D eigenvalue weighted by Gasteiger charge is -2.42. The quantitative estimate of drug-likeness (QED) is 0.267. The highest BCUT2D eigenvalue weighted by Crippen LogP contribution is 2.32. The number of aromatic nitrogens is 5. The molecule has 0 aliphatic carbocycles. The van der Waals surface area contributed by atoms with E-state index in [1.54, 1.807) is 31.5 Å². The van der Waals surface area contributed by atoms with Gasteiger partial charge in [0, 0.05) is 49.2 Å². The van der Waals surface area contributed by atoms with Crippen molar-refractivity contribution in [3.05, 3.63) is 65.9 Å². The third kappa shape index (κ3) is 5.41. The predicted molar refractivity (Wildman–Crippen MR) is 159 cm³/mol. The number of carbonyl (C=O) groups is 3. The van der Waals surface area contributed by atoms with Gasteiger partial charge in [-0.3, -0.25) is 24.9 Å². The van der Waals surface area contributed by atoms with Crippen LogP contribution in [-0.4, -0.2) is 76.1 Å². The van der Waals surface area contributed by atoms with E-state index >= 15 is 0 Å². The van der Waals surface area contributed by atoms with Crippen LogP contribution in [0.2, 0.25) is 0 Å². The molecule has 2 saturated heterocycles. The molecule has 14 nitrogen and oxygen atoms in total. The van der Waals surface area contributed by atoms with E-state index < -0.39 is 27.3 Å². The van der Waals surface area contributed by atoms with E-state index in [4.69, 9.17) is 9.97 Å². The van der Waals surface area contributed by atoms with E-state index in [1.165, 1.54) is 12.3 Å². The van der Waals surface area contributed by atoms with Crippen molar-refractivity contribution in [3.8, 4) is 11.4 Å². The number of carbonyl (C=O) groups excluding carboxylic acids is 3. The summed E-state index contributed by atoms with van der Waals surface area (Å²) < 4.78 is 24.0. The fourth-order valence-electron chi connectivity index (χ4n) is 5.57. The Labute approximate surface area is 252 Å². The van der Waals surface area contributed by atoms with Crippen molar-refractivity contribution >= 4 is 44.5 Å². The Morgan fingerprint density at radius 2 is 1.89 bits per heavy atom. The van der Waals surface area contributed by atoms with Crippen LogP contribution in [0.25, 0.3) is 22.3 Å². The van der Waals surface area contributed by atoms with Crippen LogP contribution in [0.15, 0.2) is 53.8 Å². The van der Waals surface area contributed by atoms with Gasteiger partial charge in [0.1, 0.15) is 5.54 Å². The Balaban J connectivity index is 1.18. The summed E-state index contributed by atoms with van der Waals surface area (Å²) in [6.07, 6.45) is 6.16. The van der Waals surface area contributed by atoms with E-state index in [0.717, 1.165) is 11.6 Å². The molecule has 2 aliphatic heterocycles. The maximum atomic E-state index is 12.8. The molecule has 0 saturated carbocycles. The normalized spacial score (nSPS) is 20.1. The van der Waals surface area contributed by atoms with Gasteiger partial charge in [0.15, 0.2) is 9.84 Å². The first-order valence-electron chi connectivity index (χ1n) is 13.9. The van der Waals surface area contributed by atoms with E-state index in [-0.39, 0.29) is 28.8 Å². The van der Waals surface area contributed by atoms with Gasteiger partial charge in [0.05, 0.1) is 45.3 Å². The fraction of sp³-hybridized carbons (Fsp3) is 0.310. The molecule has 6 rings (SSSR count). The molecule has 2 atom stereocenters. The molecular formula is C29H29N9O5S. The molecule has 44 heavy (non-hydrogen) atoms. The van der Waals surface area contributed by atoms with Crippen molar-refractivity contribution in [2.45, 2.75) is 37.2 Å². The third-order valence-electron chi connectivity index (χ3n) is 8.03. The topological polar surface area (TPSA) is 189 Å². The number of imide groups is 1. The first-order chi connectivity index (χ1) is 20.9. The van der Waals surface area contributed by atoms with Crippen molar-refractivity contribution in [2.24, 2.45) is 5.92 Å². The first kappa shape index (κ1) is 29.0. The summed E-state index contributed by atoms with van der Waals surface area (Å²) in [7, 11) is -3.53. The second kappa shape index (κ2) is 10.9. The molecule has 4 amide bonds. The van der Waals surface area contributed by atoms with Gasteiger partial charge < -0.3 is 15.5 Å². The van der Waals surface area contributed by atoms with Crippen molar-refractivity contribution in [1.29, 1.82) is 0 Å².